The number of aryl methyl sites for hydroxylation is 1. The van der Waals surface area contributed by atoms with Gasteiger partial charge in [-0.15, -0.1) is 0 Å². The molecule has 7 nitrogen and oxygen atoms in total. The van der Waals surface area contributed by atoms with Crippen molar-refractivity contribution in [2.24, 2.45) is 4.99 Å². The molecular formula is C10H12N4O3S. The van der Waals surface area contributed by atoms with E-state index in [4.69, 9.17) is 5.11 Å². The minimum absolute atomic E-state index is 0.117. The summed E-state index contributed by atoms with van der Waals surface area (Å²) in [4.78, 5) is 26.3. The Kier molecular flexibility index (Phi) is 3.98. The van der Waals surface area contributed by atoms with Crippen LogP contribution in [0, 0.1) is 0 Å². The molecule has 0 unspecified atom stereocenters. The fraction of sp³-hybridized carbons (Fsp3) is 0.400. The summed E-state index contributed by atoms with van der Waals surface area (Å²) >= 11 is 1.52. The van der Waals surface area contributed by atoms with Crippen LogP contribution in [0.25, 0.3) is 0 Å². The van der Waals surface area contributed by atoms with Crippen LogP contribution in [0.2, 0.25) is 0 Å². The highest BCUT2D eigenvalue weighted by Gasteiger charge is 2.11. The highest BCUT2D eigenvalue weighted by molar-refractivity contribution is 8.14. The number of rotatable bonds is 4. The molecule has 0 saturated heterocycles. The average Bonchev–Trinajstić information content (AvgIpc) is 2.96. The molecule has 2 heterocycles. The topological polar surface area (TPSA) is 96.6 Å². The maximum atomic E-state index is 11.6. The number of nitrogens with one attached hydrogen (secondary N) is 1. The van der Waals surface area contributed by atoms with E-state index in [1.165, 1.54) is 28.8 Å². The van der Waals surface area contributed by atoms with Gasteiger partial charge in [-0.1, -0.05) is 11.8 Å². The number of carboxylic acid groups (broad SMARTS) is 1. The quantitative estimate of drug-likeness (QED) is 0.812. The number of carbonyl (C=O) groups is 2. The van der Waals surface area contributed by atoms with Crippen LogP contribution in [0.15, 0.2) is 17.4 Å². The second kappa shape index (κ2) is 5.67. The molecule has 1 aliphatic heterocycles. The van der Waals surface area contributed by atoms with E-state index < -0.39 is 5.97 Å². The van der Waals surface area contributed by atoms with E-state index in [-0.39, 0.29) is 17.9 Å². The highest BCUT2D eigenvalue weighted by atomic mass is 32.2. The zero-order valence-electron chi connectivity index (χ0n) is 9.50. The lowest BCUT2D eigenvalue weighted by Gasteiger charge is -2.03. The first-order chi connectivity index (χ1) is 8.65. The minimum Gasteiger partial charge on any atom is -0.478 e. The molecule has 1 aliphatic rings. The van der Waals surface area contributed by atoms with E-state index >= 15 is 0 Å². The lowest BCUT2D eigenvalue weighted by Crippen LogP contribution is -2.28. The van der Waals surface area contributed by atoms with E-state index in [1.54, 1.807) is 0 Å². The number of aromatic nitrogens is 2. The summed E-state index contributed by atoms with van der Waals surface area (Å²) in [6.45, 7) is 1.08. The number of hydrogen-bond acceptors (Lipinski definition) is 5. The fourth-order valence-corrected chi connectivity index (χ4v) is 2.15. The van der Waals surface area contributed by atoms with Gasteiger partial charge in [0.25, 0.3) is 0 Å². The Hall–Kier alpha value is -1.83. The predicted molar refractivity (Wildman–Crippen MR) is 66.7 cm³/mol. The van der Waals surface area contributed by atoms with Crippen molar-refractivity contribution in [2.45, 2.75) is 13.0 Å². The third kappa shape index (κ3) is 3.33. The van der Waals surface area contributed by atoms with Crippen molar-refractivity contribution in [3.63, 3.8) is 0 Å². The number of hydrogen-bond donors (Lipinski definition) is 2. The van der Waals surface area contributed by atoms with Gasteiger partial charge in [0.1, 0.15) is 0 Å². The molecule has 0 saturated carbocycles. The molecule has 1 aromatic rings. The third-order valence-electron chi connectivity index (χ3n) is 2.28. The lowest BCUT2D eigenvalue weighted by molar-refractivity contribution is -0.119. The van der Waals surface area contributed by atoms with Crippen LogP contribution in [0.1, 0.15) is 16.8 Å². The maximum absolute atomic E-state index is 11.6. The lowest BCUT2D eigenvalue weighted by atomic mass is 10.4. The van der Waals surface area contributed by atoms with Gasteiger partial charge < -0.3 is 10.4 Å². The van der Waals surface area contributed by atoms with Gasteiger partial charge in [-0.05, 0) is 0 Å². The summed E-state index contributed by atoms with van der Waals surface area (Å²) in [5, 5.41) is 15.9. The van der Waals surface area contributed by atoms with Crippen molar-refractivity contribution in [1.29, 1.82) is 0 Å². The van der Waals surface area contributed by atoms with Crippen molar-refractivity contribution < 1.29 is 14.7 Å². The van der Waals surface area contributed by atoms with Crippen molar-refractivity contribution in [3.8, 4) is 0 Å². The molecule has 0 radical (unpaired) electrons. The summed E-state index contributed by atoms with van der Waals surface area (Å²) in [6.07, 6.45) is 2.90. The number of nitrogens with zero attached hydrogens (tertiary/aromatic N) is 3. The maximum Gasteiger partial charge on any atom is 0.338 e. The number of aromatic carboxylic acids is 1. The van der Waals surface area contributed by atoms with E-state index in [0.717, 1.165) is 12.3 Å². The smallest absolute Gasteiger partial charge is 0.338 e. The Labute approximate surface area is 107 Å². The van der Waals surface area contributed by atoms with Crippen molar-refractivity contribution in [3.05, 3.63) is 18.0 Å². The third-order valence-corrected chi connectivity index (χ3v) is 3.17. The summed E-state index contributed by atoms with van der Waals surface area (Å²) in [6, 6.07) is 0. The van der Waals surface area contributed by atoms with Crippen LogP contribution >= 0.6 is 11.8 Å². The van der Waals surface area contributed by atoms with Crippen LogP contribution in [-0.4, -0.2) is 44.2 Å². The number of aliphatic imine (C=N–C) groups is 1. The molecule has 0 aliphatic carbocycles. The van der Waals surface area contributed by atoms with Crippen LogP contribution in [0.4, 0.5) is 0 Å². The monoisotopic (exact) mass is 268 g/mol. The number of amidine groups is 1. The summed E-state index contributed by atoms with van der Waals surface area (Å²) in [7, 11) is 0. The Morgan fingerprint density at radius 3 is 3.00 bits per heavy atom. The van der Waals surface area contributed by atoms with Crippen molar-refractivity contribution >= 4 is 28.8 Å². The Morgan fingerprint density at radius 2 is 2.39 bits per heavy atom. The van der Waals surface area contributed by atoms with Gasteiger partial charge in [0, 0.05) is 24.9 Å². The van der Waals surface area contributed by atoms with Gasteiger partial charge in [0.15, 0.2) is 5.17 Å². The average molecular weight is 268 g/mol. The molecule has 0 atom stereocenters. The van der Waals surface area contributed by atoms with E-state index in [9.17, 15) is 9.59 Å². The second-order valence-corrected chi connectivity index (χ2v) is 4.71. The number of thioether (sulfide) groups is 1. The van der Waals surface area contributed by atoms with Gasteiger partial charge in [-0.25, -0.2) is 4.79 Å². The summed E-state index contributed by atoms with van der Waals surface area (Å²) in [5.74, 6) is -0.269. The highest BCUT2D eigenvalue weighted by Crippen LogP contribution is 2.09. The van der Waals surface area contributed by atoms with Gasteiger partial charge in [-0.3, -0.25) is 14.5 Å². The minimum atomic E-state index is -1.03. The molecule has 0 aromatic carbocycles. The molecular weight excluding hydrogens is 256 g/mol. The van der Waals surface area contributed by atoms with Gasteiger partial charge in [0.05, 0.1) is 18.3 Å². The molecule has 2 N–H and O–H groups in total. The van der Waals surface area contributed by atoms with Crippen LogP contribution in [0.3, 0.4) is 0 Å². The molecule has 1 aromatic heterocycles. The first-order valence-electron chi connectivity index (χ1n) is 5.38. The van der Waals surface area contributed by atoms with Crippen LogP contribution in [-0.2, 0) is 11.3 Å². The molecule has 0 bridgehead atoms. The molecule has 18 heavy (non-hydrogen) atoms. The molecule has 96 valence electrons. The Morgan fingerprint density at radius 1 is 1.56 bits per heavy atom. The summed E-state index contributed by atoms with van der Waals surface area (Å²) in [5.41, 5.74) is 0.117. The normalized spacial score (nSPS) is 14.3. The van der Waals surface area contributed by atoms with Gasteiger partial charge >= 0.3 is 5.97 Å². The van der Waals surface area contributed by atoms with E-state index in [2.05, 4.69) is 15.4 Å². The molecule has 0 spiro atoms. The zero-order valence-corrected chi connectivity index (χ0v) is 10.3. The predicted octanol–water partition coefficient (Wildman–Crippen LogP) is 0.190. The van der Waals surface area contributed by atoms with Crippen molar-refractivity contribution in [2.75, 3.05) is 12.3 Å². The van der Waals surface area contributed by atoms with Crippen molar-refractivity contribution in [1.82, 2.24) is 15.1 Å². The second-order valence-electron chi connectivity index (χ2n) is 3.63. The zero-order chi connectivity index (χ0) is 13.0. The van der Waals surface area contributed by atoms with Crippen LogP contribution < -0.4 is 5.32 Å². The molecule has 1 amide bonds. The molecule has 0 fully saturated rings. The number of carbonyl (C=O) groups excluding carboxylic acids is 1. The van der Waals surface area contributed by atoms with Crippen LogP contribution in [0.5, 0.6) is 0 Å². The standard InChI is InChI=1S/C10H12N4O3S/c15-8(13-10-11-2-4-18-10)1-3-14-6-7(5-12-14)9(16)17/h5-6H,1-4H2,(H,16,17)(H,11,13,15). The largest absolute Gasteiger partial charge is 0.478 e. The number of carboxylic acids is 1. The number of amides is 1. The fourth-order valence-electron chi connectivity index (χ4n) is 1.40. The Balaban J connectivity index is 1.79. The van der Waals surface area contributed by atoms with E-state index in [1.807, 2.05) is 0 Å². The molecule has 8 heteroatoms. The SMILES string of the molecule is O=C(CCn1cc(C(=O)O)cn1)NC1=NCCS1. The molecule has 2 rings (SSSR count). The van der Waals surface area contributed by atoms with Gasteiger partial charge in [0.2, 0.25) is 5.91 Å². The first-order valence-corrected chi connectivity index (χ1v) is 6.36. The first kappa shape index (κ1) is 12.6. The Bertz CT molecular complexity index is 497. The summed E-state index contributed by atoms with van der Waals surface area (Å²) < 4.78 is 1.44. The van der Waals surface area contributed by atoms with E-state index in [0.29, 0.717) is 11.7 Å². The van der Waals surface area contributed by atoms with Gasteiger partial charge in [-0.2, -0.15) is 5.10 Å².